The first-order valence-electron chi connectivity index (χ1n) is 6.59. The molecule has 0 saturated heterocycles. The van der Waals surface area contributed by atoms with Crippen LogP contribution < -0.4 is 0 Å². The molecule has 4 aromatic rings. The minimum atomic E-state index is 1.12. The Balaban J connectivity index is 2.26. The maximum atomic E-state index is 3.26. The summed E-state index contributed by atoms with van der Waals surface area (Å²) in [5, 5.41) is 11.0. The van der Waals surface area contributed by atoms with E-state index in [-0.39, 0.29) is 0 Å². The van der Waals surface area contributed by atoms with Crippen LogP contribution in [0.15, 0.2) is 54.6 Å². The zero-order valence-electron chi connectivity index (χ0n) is 11.1. The molecule has 0 amide bonds. The highest BCUT2D eigenvalue weighted by atomic mass is 32.2. The van der Waals surface area contributed by atoms with E-state index in [9.17, 15) is 0 Å². The van der Waals surface area contributed by atoms with Crippen LogP contribution in [0.1, 0.15) is 5.56 Å². The van der Waals surface area contributed by atoms with Crippen LogP contribution in [0.25, 0.3) is 32.3 Å². The van der Waals surface area contributed by atoms with E-state index < -0.39 is 0 Å². The van der Waals surface area contributed by atoms with Crippen molar-refractivity contribution in [1.82, 2.24) is 0 Å². The Morgan fingerprint density at radius 1 is 0.750 bits per heavy atom. The van der Waals surface area contributed by atoms with Crippen LogP contribution in [0.5, 0.6) is 0 Å². The number of hydrogen-bond donors (Lipinski definition) is 0. The second-order valence-electron chi connectivity index (χ2n) is 4.90. The Hall–Kier alpha value is -2.17. The van der Waals surface area contributed by atoms with E-state index in [1.54, 1.807) is 11.8 Å². The second-order valence-corrected chi connectivity index (χ2v) is 5.51. The van der Waals surface area contributed by atoms with Gasteiger partial charge in [0.05, 0.1) is 0 Å². The smallest absolute Gasteiger partial charge is 0.0333 e. The standard InChI is InChI=1S/C19H12S/c1-20-12-11-13-5-6-16-8-7-14-3-2-4-15-9-10-17(13)19(16)18(14)15/h2-10H,1H3. The molecule has 0 heterocycles. The van der Waals surface area contributed by atoms with Crippen molar-refractivity contribution in [2.24, 2.45) is 0 Å². The summed E-state index contributed by atoms with van der Waals surface area (Å²) in [6.07, 6.45) is 2.00. The predicted molar refractivity (Wildman–Crippen MR) is 90.5 cm³/mol. The van der Waals surface area contributed by atoms with Gasteiger partial charge in [-0.25, -0.2) is 0 Å². The van der Waals surface area contributed by atoms with Gasteiger partial charge in [-0.05, 0) is 49.9 Å². The lowest BCUT2D eigenvalue weighted by molar-refractivity contribution is 1.74. The molecule has 0 unspecified atom stereocenters. The second kappa shape index (κ2) is 4.44. The molecule has 1 heteroatoms. The van der Waals surface area contributed by atoms with Crippen LogP contribution in [0.3, 0.4) is 0 Å². The van der Waals surface area contributed by atoms with Gasteiger partial charge in [-0.1, -0.05) is 66.2 Å². The van der Waals surface area contributed by atoms with Crippen molar-refractivity contribution in [3.63, 3.8) is 0 Å². The molecule has 0 aliphatic rings. The van der Waals surface area contributed by atoms with Crippen LogP contribution in [-0.2, 0) is 0 Å². The molecule has 0 aliphatic carbocycles. The van der Waals surface area contributed by atoms with E-state index in [0.29, 0.717) is 0 Å². The van der Waals surface area contributed by atoms with Crippen LogP contribution >= 0.6 is 11.8 Å². The lowest BCUT2D eigenvalue weighted by atomic mass is 9.92. The van der Waals surface area contributed by atoms with Crippen LogP contribution in [-0.4, -0.2) is 6.26 Å². The summed E-state index contributed by atoms with van der Waals surface area (Å²) in [5.41, 5.74) is 1.12. The monoisotopic (exact) mass is 272 g/mol. The molecule has 94 valence electrons. The minimum absolute atomic E-state index is 1.12. The highest BCUT2D eigenvalue weighted by Gasteiger charge is 2.09. The molecule has 0 N–H and O–H groups in total. The minimum Gasteiger partial charge on any atom is -0.0781 e. The molecule has 20 heavy (non-hydrogen) atoms. The van der Waals surface area contributed by atoms with Crippen LogP contribution in [0, 0.1) is 11.2 Å². The maximum Gasteiger partial charge on any atom is 0.0333 e. The van der Waals surface area contributed by atoms with Gasteiger partial charge in [0.2, 0.25) is 0 Å². The van der Waals surface area contributed by atoms with Crippen molar-refractivity contribution < 1.29 is 0 Å². The third kappa shape index (κ3) is 1.59. The van der Waals surface area contributed by atoms with Crippen LogP contribution in [0.2, 0.25) is 0 Å². The Morgan fingerprint density at radius 3 is 2.15 bits per heavy atom. The summed E-state index contributed by atoms with van der Waals surface area (Å²) in [5.74, 6) is 3.26. The summed E-state index contributed by atoms with van der Waals surface area (Å²) >= 11 is 1.55. The fourth-order valence-electron chi connectivity index (χ4n) is 2.95. The molecule has 4 rings (SSSR count). The predicted octanol–water partition coefficient (Wildman–Crippen LogP) is 5.26. The first-order valence-corrected chi connectivity index (χ1v) is 7.81. The number of rotatable bonds is 0. The highest BCUT2D eigenvalue weighted by Crippen LogP contribution is 2.35. The van der Waals surface area contributed by atoms with E-state index >= 15 is 0 Å². The van der Waals surface area contributed by atoms with Crippen molar-refractivity contribution in [3.05, 3.63) is 60.2 Å². The average molecular weight is 272 g/mol. The molecule has 0 saturated carbocycles. The summed E-state index contributed by atoms with van der Waals surface area (Å²) in [6.45, 7) is 0. The molecule has 0 aliphatic heterocycles. The largest absolute Gasteiger partial charge is 0.0781 e. The normalized spacial score (nSPS) is 11.1. The van der Waals surface area contributed by atoms with E-state index in [1.807, 2.05) is 6.26 Å². The number of thioether (sulfide) groups is 1. The van der Waals surface area contributed by atoms with E-state index in [1.165, 1.54) is 32.3 Å². The molecule has 0 bridgehead atoms. The van der Waals surface area contributed by atoms with Gasteiger partial charge in [-0.2, -0.15) is 0 Å². The molecule has 4 aromatic carbocycles. The molecular formula is C19H12S. The fourth-order valence-corrected chi connectivity index (χ4v) is 3.16. The van der Waals surface area contributed by atoms with Gasteiger partial charge in [0.15, 0.2) is 0 Å². The van der Waals surface area contributed by atoms with Gasteiger partial charge in [-0.15, -0.1) is 0 Å². The quantitative estimate of drug-likeness (QED) is 0.311. The summed E-state index contributed by atoms with van der Waals surface area (Å²) < 4.78 is 0. The molecule has 0 atom stereocenters. The first kappa shape index (κ1) is 11.6. The SMILES string of the molecule is CSC#Cc1ccc2ccc3cccc4ccc1c2c34. The molecule has 0 aromatic heterocycles. The van der Waals surface area contributed by atoms with Crippen molar-refractivity contribution in [2.75, 3.05) is 6.26 Å². The fraction of sp³-hybridized carbons (Fsp3) is 0.0526. The van der Waals surface area contributed by atoms with E-state index in [0.717, 1.165) is 5.56 Å². The van der Waals surface area contributed by atoms with Gasteiger partial charge in [0.25, 0.3) is 0 Å². The zero-order valence-corrected chi connectivity index (χ0v) is 11.9. The summed E-state index contributed by atoms with van der Waals surface area (Å²) in [4.78, 5) is 0. The van der Waals surface area contributed by atoms with E-state index in [2.05, 4.69) is 65.8 Å². The van der Waals surface area contributed by atoms with Gasteiger partial charge < -0.3 is 0 Å². The Bertz CT molecular complexity index is 971. The van der Waals surface area contributed by atoms with Gasteiger partial charge in [0.1, 0.15) is 0 Å². The van der Waals surface area contributed by atoms with Crippen molar-refractivity contribution in [1.29, 1.82) is 0 Å². The van der Waals surface area contributed by atoms with Crippen molar-refractivity contribution in [2.45, 2.75) is 0 Å². The number of hydrogen-bond acceptors (Lipinski definition) is 1. The maximum absolute atomic E-state index is 3.26. The number of benzene rings is 4. The van der Waals surface area contributed by atoms with Crippen molar-refractivity contribution >= 4 is 44.1 Å². The first-order chi connectivity index (χ1) is 9.88. The Kier molecular flexibility index (Phi) is 2.58. The summed E-state index contributed by atoms with van der Waals surface area (Å²) in [7, 11) is 0. The Labute approximate surface area is 122 Å². The lowest BCUT2D eigenvalue weighted by Crippen LogP contribution is -1.86. The lowest BCUT2D eigenvalue weighted by Gasteiger charge is -2.11. The molecule has 0 radical (unpaired) electrons. The van der Waals surface area contributed by atoms with Gasteiger partial charge in [-0.3, -0.25) is 0 Å². The summed E-state index contributed by atoms with van der Waals surface area (Å²) in [6, 6.07) is 19.6. The van der Waals surface area contributed by atoms with Crippen molar-refractivity contribution in [3.8, 4) is 11.2 Å². The highest BCUT2D eigenvalue weighted by molar-refractivity contribution is 8.03. The van der Waals surface area contributed by atoms with Gasteiger partial charge >= 0.3 is 0 Å². The van der Waals surface area contributed by atoms with Crippen LogP contribution in [0.4, 0.5) is 0 Å². The molecular weight excluding hydrogens is 260 g/mol. The third-order valence-electron chi connectivity index (χ3n) is 3.82. The average Bonchev–Trinajstić information content (AvgIpc) is 2.51. The molecule has 0 fully saturated rings. The third-order valence-corrected chi connectivity index (χ3v) is 4.12. The molecule has 0 spiro atoms. The molecule has 0 nitrogen and oxygen atoms in total. The van der Waals surface area contributed by atoms with E-state index in [4.69, 9.17) is 0 Å². The Morgan fingerprint density at radius 2 is 1.40 bits per heavy atom. The zero-order chi connectivity index (χ0) is 13.5. The van der Waals surface area contributed by atoms with Gasteiger partial charge in [0, 0.05) is 5.56 Å². The topological polar surface area (TPSA) is 0 Å².